The van der Waals surface area contributed by atoms with E-state index in [1.54, 1.807) is 6.92 Å². The largest absolute Gasteiger partial charge is 0.395 e. The summed E-state index contributed by atoms with van der Waals surface area (Å²) in [7, 11) is -3.13. The summed E-state index contributed by atoms with van der Waals surface area (Å²) in [4.78, 5) is 0. The number of aliphatic hydroxyl groups is 1. The molecule has 1 saturated carbocycles. The number of hydrogen-bond acceptors (Lipinski definition) is 3. The Hall–Kier alpha value is -0.130. The van der Waals surface area contributed by atoms with Crippen LogP contribution in [-0.2, 0) is 10.0 Å². The molecule has 0 atom stereocenters. The van der Waals surface area contributed by atoms with Crippen LogP contribution >= 0.6 is 0 Å². The van der Waals surface area contributed by atoms with Crippen LogP contribution in [0.3, 0.4) is 0 Å². The topological polar surface area (TPSA) is 57.6 Å². The van der Waals surface area contributed by atoms with Crippen LogP contribution in [0.25, 0.3) is 0 Å². The van der Waals surface area contributed by atoms with E-state index in [1.165, 1.54) is 4.31 Å². The molecule has 0 amide bonds. The summed E-state index contributed by atoms with van der Waals surface area (Å²) >= 11 is 0. The number of rotatable bonds is 5. The van der Waals surface area contributed by atoms with Crippen LogP contribution in [0.2, 0.25) is 0 Å². The highest BCUT2D eigenvalue weighted by Crippen LogP contribution is 2.25. The van der Waals surface area contributed by atoms with Gasteiger partial charge in [0.05, 0.1) is 12.4 Å². The zero-order valence-corrected chi connectivity index (χ0v) is 9.46. The third-order valence-electron chi connectivity index (χ3n) is 2.77. The Morgan fingerprint density at radius 2 is 1.93 bits per heavy atom. The second kappa shape index (κ2) is 5.09. The highest BCUT2D eigenvalue weighted by Gasteiger charge is 2.30. The van der Waals surface area contributed by atoms with Crippen LogP contribution in [0.5, 0.6) is 0 Å². The first-order valence-electron chi connectivity index (χ1n) is 5.22. The Kier molecular flexibility index (Phi) is 4.34. The first-order chi connectivity index (χ1) is 6.61. The SMILES string of the molecule is CCS(=O)(=O)N(CCO)C1CCCC1. The molecular weight excluding hydrogens is 202 g/mol. The van der Waals surface area contributed by atoms with Gasteiger partial charge in [0.25, 0.3) is 0 Å². The van der Waals surface area contributed by atoms with Crippen molar-refractivity contribution in [1.82, 2.24) is 4.31 Å². The molecule has 1 fully saturated rings. The quantitative estimate of drug-likeness (QED) is 0.738. The molecule has 0 aromatic carbocycles. The molecule has 1 aliphatic carbocycles. The van der Waals surface area contributed by atoms with Crippen LogP contribution in [0.15, 0.2) is 0 Å². The molecule has 0 unspecified atom stereocenters. The fourth-order valence-electron chi connectivity index (χ4n) is 2.01. The third-order valence-corrected chi connectivity index (χ3v) is 4.70. The maximum absolute atomic E-state index is 11.7. The van der Waals surface area contributed by atoms with Crippen molar-refractivity contribution in [3.8, 4) is 0 Å². The van der Waals surface area contributed by atoms with Crippen LogP contribution in [0.4, 0.5) is 0 Å². The smallest absolute Gasteiger partial charge is 0.214 e. The zero-order valence-electron chi connectivity index (χ0n) is 8.65. The minimum atomic E-state index is -3.13. The summed E-state index contributed by atoms with van der Waals surface area (Å²) in [5.41, 5.74) is 0. The van der Waals surface area contributed by atoms with Gasteiger partial charge < -0.3 is 5.11 Å². The van der Waals surface area contributed by atoms with Crippen molar-refractivity contribution in [2.75, 3.05) is 18.9 Å². The molecule has 0 radical (unpaired) electrons. The summed E-state index contributed by atoms with van der Waals surface area (Å²) in [6, 6.07) is 0.132. The molecular formula is C9H19NO3S. The van der Waals surface area contributed by atoms with E-state index in [-0.39, 0.29) is 24.9 Å². The average molecular weight is 221 g/mol. The van der Waals surface area contributed by atoms with Crippen LogP contribution in [-0.4, -0.2) is 42.8 Å². The maximum atomic E-state index is 11.7. The number of aliphatic hydroxyl groups excluding tert-OH is 1. The molecule has 1 N–H and O–H groups in total. The Morgan fingerprint density at radius 3 is 2.36 bits per heavy atom. The molecule has 1 aliphatic rings. The molecule has 14 heavy (non-hydrogen) atoms. The minimum Gasteiger partial charge on any atom is -0.395 e. The zero-order chi connectivity index (χ0) is 10.6. The summed E-state index contributed by atoms with van der Waals surface area (Å²) in [5, 5.41) is 8.85. The van der Waals surface area contributed by atoms with Gasteiger partial charge in [0, 0.05) is 12.6 Å². The molecule has 0 aromatic rings. The molecule has 0 spiro atoms. The van der Waals surface area contributed by atoms with Crippen molar-refractivity contribution in [2.24, 2.45) is 0 Å². The van der Waals surface area contributed by atoms with Gasteiger partial charge in [-0.2, -0.15) is 4.31 Å². The monoisotopic (exact) mass is 221 g/mol. The second-order valence-electron chi connectivity index (χ2n) is 3.67. The lowest BCUT2D eigenvalue weighted by Crippen LogP contribution is -2.41. The van der Waals surface area contributed by atoms with Crippen LogP contribution in [0, 0.1) is 0 Å². The highest BCUT2D eigenvalue weighted by atomic mass is 32.2. The first-order valence-corrected chi connectivity index (χ1v) is 6.83. The third kappa shape index (κ3) is 2.68. The number of nitrogens with zero attached hydrogens (tertiary/aromatic N) is 1. The van der Waals surface area contributed by atoms with E-state index in [4.69, 9.17) is 5.11 Å². The first kappa shape index (κ1) is 11.9. The Bertz CT molecular complexity index is 257. The van der Waals surface area contributed by atoms with Gasteiger partial charge in [0.1, 0.15) is 0 Å². The van der Waals surface area contributed by atoms with E-state index in [1.807, 2.05) is 0 Å². The van der Waals surface area contributed by atoms with Gasteiger partial charge in [-0.15, -0.1) is 0 Å². The second-order valence-corrected chi connectivity index (χ2v) is 5.88. The number of sulfonamides is 1. The fraction of sp³-hybridized carbons (Fsp3) is 1.00. The van der Waals surface area contributed by atoms with E-state index in [0.717, 1.165) is 25.7 Å². The van der Waals surface area contributed by atoms with Crippen molar-refractivity contribution in [1.29, 1.82) is 0 Å². The Morgan fingerprint density at radius 1 is 1.36 bits per heavy atom. The molecule has 0 bridgehead atoms. The van der Waals surface area contributed by atoms with Crippen molar-refractivity contribution in [3.05, 3.63) is 0 Å². The van der Waals surface area contributed by atoms with E-state index in [9.17, 15) is 8.42 Å². The average Bonchev–Trinajstić information content (AvgIpc) is 2.66. The molecule has 84 valence electrons. The lowest BCUT2D eigenvalue weighted by Gasteiger charge is -2.26. The van der Waals surface area contributed by atoms with E-state index in [2.05, 4.69) is 0 Å². The lowest BCUT2D eigenvalue weighted by molar-refractivity contribution is 0.226. The predicted molar refractivity (Wildman–Crippen MR) is 55.5 cm³/mol. The molecule has 1 rings (SSSR count). The maximum Gasteiger partial charge on any atom is 0.214 e. The van der Waals surface area contributed by atoms with Crippen LogP contribution in [0.1, 0.15) is 32.6 Å². The van der Waals surface area contributed by atoms with Gasteiger partial charge in [-0.25, -0.2) is 8.42 Å². The van der Waals surface area contributed by atoms with E-state index in [0.29, 0.717) is 0 Å². The molecule has 0 aliphatic heterocycles. The fourth-order valence-corrected chi connectivity index (χ4v) is 3.36. The molecule has 0 aromatic heterocycles. The van der Waals surface area contributed by atoms with Crippen molar-refractivity contribution in [3.63, 3.8) is 0 Å². The van der Waals surface area contributed by atoms with Crippen molar-refractivity contribution in [2.45, 2.75) is 38.6 Å². The van der Waals surface area contributed by atoms with Crippen molar-refractivity contribution >= 4 is 10.0 Å². The predicted octanol–water partition coefficient (Wildman–Crippen LogP) is 0.573. The summed E-state index contributed by atoms with van der Waals surface area (Å²) < 4.78 is 24.9. The van der Waals surface area contributed by atoms with Gasteiger partial charge >= 0.3 is 0 Å². The number of hydrogen-bond donors (Lipinski definition) is 1. The summed E-state index contributed by atoms with van der Waals surface area (Å²) in [6.45, 7) is 1.81. The van der Waals surface area contributed by atoms with E-state index >= 15 is 0 Å². The Balaban J connectivity index is 2.72. The summed E-state index contributed by atoms with van der Waals surface area (Å²) in [5.74, 6) is 0.128. The standard InChI is InChI=1S/C9H19NO3S/c1-2-14(12,13)10(7-8-11)9-5-3-4-6-9/h9,11H,2-8H2,1H3. The van der Waals surface area contributed by atoms with Crippen molar-refractivity contribution < 1.29 is 13.5 Å². The van der Waals surface area contributed by atoms with Crippen LogP contribution < -0.4 is 0 Å². The van der Waals surface area contributed by atoms with Gasteiger partial charge in [0.2, 0.25) is 10.0 Å². The van der Waals surface area contributed by atoms with Gasteiger partial charge in [-0.3, -0.25) is 0 Å². The normalized spacial score (nSPS) is 19.4. The lowest BCUT2D eigenvalue weighted by atomic mass is 10.2. The van der Waals surface area contributed by atoms with Gasteiger partial charge in [-0.1, -0.05) is 12.8 Å². The molecule has 4 nitrogen and oxygen atoms in total. The minimum absolute atomic E-state index is 0.0876. The van der Waals surface area contributed by atoms with Gasteiger partial charge in [-0.05, 0) is 19.8 Å². The molecule has 0 saturated heterocycles. The summed E-state index contributed by atoms with van der Waals surface area (Å²) in [6.07, 6.45) is 4.09. The van der Waals surface area contributed by atoms with E-state index < -0.39 is 10.0 Å². The Labute approximate surface area is 86.0 Å². The van der Waals surface area contributed by atoms with Gasteiger partial charge in [0.15, 0.2) is 0 Å². The molecule has 0 heterocycles. The highest BCUT2D eigenvalue weighted by molar-refractivity contribution is 7.89. The molecule has 5 heteroatoms.